The van der Waals surface area contributed by atoms with Crippen molar-refractivity contribution in [3.63, 3.8) is 0 Å². The van der Waals surface area contributed by atoms with E-state index < -0.39 is 0 Å². The Morgan fingerprint density at radius 3 is 2.53 bits per heavy atom. The van der Waals surface area contributed by atoms with E-state index in [2.05, 4.69) is 35.9 Å². The van der Waals surface area contributed by atoms with E-state index in [1.807, 2.05) is 37.3 Å². The molecule has 0 amide bonds. The fourth-order valence-corrected chi connectivity index (χ4v) is 3.80. The number of H-pyrrole nitrogens is 1. The van der Waals surface area contributed by atoms with E-state index in [-0.39, 0.29) is 12.4 Å². The number of ether oxygens (including phenoxy) is 1. The topological polar surface area (TPSA) is 58.2 Å². The number of esters is 1. The zero-order chi connectivity index (χ0) is 23.1. The van der Waals surface area contributed by atoms with Crippen molar-refractivity contribution in [3.8, 4) is 11.3 Å². The molecule has 2 aromatic carbocycles. The summed E-state index contributed by atoms with van der Waals surface area (Å²) in [5, 5.41) is 1.00. The van der Waals surface area contributed by atoms with Gasteiger partial charge in [-0.05, 0) is 37.0 Å². The molecule has 32 heavy (non-hydrogen) atoms. The van der Waals surface area contributed by atoms with Gasteiger partial charge in [0.2, 0.25) is 5.95 Å². The molecule has 0 saturated heterocycles. The van der Waals surface area contributed by atoms with Gasteiger partial charge in [-0.3, -0.25) is 4.79 Å². The molecule has 5 nitrogen and oxygen atoms in total. The molecular formula is C25H29Cl2N3O2. The zero-order valence-corrected chi connectivity index (χ0v) is 20.2. The monoisotopic (exact) mass is 473 g/mol. The van der Waals surface area contributed by atoms with Gasteiger partial charge in [0.25, 0.3) is 0 Å². The maximum Gasteiger partial charge on any atom is 0.307 e. The molecule has 7 heteroatoms. The fourth-order valence-electron chi connectivity index (χ4n) is 3.51. The van der Waals surface area contributed by atoms with Gasteiger partial charge in [-0.15, -0.1) is 0 Å². The Balaban J connectivity index is 1.97. The lowest BCUT2D eigenvalue weighted by molar-refractivity contribution is -0.142. The third kappa shape index (κ3) is 6.50. The van der Waals surface area contributed by atoms with Crippen LogP contribution in [0, 0.1) is 5.92 Å². The van der Waals surface area contributed by atoms with E-state index in [0.29, 0.717) is 35.7 Å². The second-order valence-corrected chi connectivity index (χ2v) is 8.89. The molecule has 3 aromatic rings. The number of halogens is 2. The number of imidazole rings is 1. The standard InChI is InChI=1S/C25H29Cl2N3O2/c1-4-32-23(31)12-13-30(16-18-8-6-5-7-9-18)25-28-22(14-17(2)3)24(29-25)19-10-11-20(26)21(27)15-19/h5-11,15,17H,4,12-14,16H2,1-3H3,(H,28,29). The Labute approximate surface area is 199 Å². The summed E-state index contributed by atoms with van der Waals surface area (Å²) in [4.78, 5) is 22.6. The second kappa shape index (κ2) is 11.4. The number of nitrogens with one attached hydrogen (secondary N) is 1. The predicted octanol–water partition coefficient (Wildman–Crippen LogP) is 6.54. The number of hydrogen-bond donors (Lipinski definition) is 1. The minimum absolute atomic E-state index is 0.218. The number of rotatable bonds is 10. The van der Waals surface area contributed by atoms with Crippen LogP contribution in [0.1, 0.15) is 38.4 Å². The van der Waals surface area contributed by atoms with E-state index in [9.17, 15) is 4.79 Å². The lowest BCUT2D eigenvalue weighted by Crippen LogP contribution is -2.27. The van der Waals surface area contributed by atoms with Gasteiger partial charge in [-0.1, -0.05) is 73.4 Å². The molecule has 3 rings (SSSR count). The summed E-state index contributed by atoms with van der Waals surface area (Å²) in [6.45, 7) is 7.63. The number of aromatic amines is 1. The lowest BCUT2D eigenvalue weighted by atomic mass is 10.0. The lowest BCUT2D eigenvalue weighted by Gasteiger charge is -2.22. The van der Waals surface area contributed by atoms with Crippen molar-refractivity contribution in [2.45, 2.75) is 40.2 Å². The van der Waals surface area contributed by atoms with Gasteiger partial charge < -0.3 is 14.6 Å². The van der Waals surface area contributed by atoms with Gasteiger partial charge in [0.15, 0.2) is 0 Å². The van der Waals surface area contributed by atoms with Gasteiger partial charge >= 0.3 is 5.97 Å². The Kier molecular flexibility index (Phi) is 8.60. The third-order valence-corrected chi connectivity index (χ3v) is 5.72. The van der Waals surface area contributed by atoms with Crippen LogP contribution in [0.5, 0.6) is 0 Å². The Morgan fingerprint density at radius 2 is 1.88 bits per heavy atom. The molecule has 0 aliphatic rings. The number of benzene rings is 2. The molecule has 0 bridgehead atoms. The minimum atomic E-state index is -0.218. The summed E-state index contributed by atoms with van der Waals surface area (Å²) in [6, 6.07) is 15.7. The number of nitrogens with zero attached hydrogens (tertiary/aromatic N) is 2. The highest BCUT2D eigenvalue weighted by Crippen LogP contribution is 2.32. The first-order valence-electron chi connectivity index (χ1n) is 10.9. The zero-order valence-electron chi connectivity index (χ0n) is 18.7. The maximum absolute atomic E-state index is 12.0. The molecule has 0 unspecified atom stereocenters. The number of carbonyl (C=O) groups is 1. The van der Waals surface area contributed by atoms with E-state index in [0.717, 1.165) is 34.9 Å². The molecule has 0 atom stereocenters. The van der Waals surface area contributed by atoms with Crippen molar-refractivity contribution >= 4 is 35.1 Å². The first-order chi connectivity index (χ1) is 15.4. The molecule has 0 fully saturated rings. The van der Waals surface area contributed by atoms with Crippen LogP contribution in [0.25, 0.3) is 11.3 Å². The molecule has 0 radical (unpaired) electrons. The van der Waals surface area contributed by atoms with Crippen molar-refractivity contribution in [2.24, 2.45) is 5.92 Å². The SMILES string of the molecule is CCOC(=O)CCN(Cc1ccccc1)c1nc(-c2ccc(Cl)c(Cl)c2)c(CC(C)C)[nH]1. The van der Waals surface area contributed by atoms with Crippen LogP contribution >= 0.6 is 23.2 Å². The summed E-state index contributed by atoms with van der Waals surface area (Å²) >= 11 is 12.4. The Hall–Kier alpha value is -2.50. The second-order valence-electron chi connectivity index (χ2n) is 8.08. The van der Waals surface area contributed by atoms with Crippen LogP contribution in [0.3, 0.4) is 0 Å². The van der Waals surface area contributed by atoms with Gasteiger partial charge in [0.1, 0.15) is 0 Å². The van der Waals surface area contributed by atoms with E-state index in [4.69, 9.17) is 32.9 Å². The average molecular weight is 474 g/mol. The van der Waals surface area contributed by atoms with Gasteiger partial charge in [-0.2, -0.15) is 0 Å². The van der Waals surface area contributed by atoms with Crippen molar-refractivity contribution in [3.05, 3.63) is 69.8 Å². The van der Waals surface area contributed by atoms with Crippen LogP contribution in [0.2, 0.25) is 10.0 Å². The first-order valence-corrected chi connectivity index (χ1v) is 11.6. The van der Waals surface area contributed by atoms with Crippen molar-refractivity contribution in [2.75, 3.05) is 18.1 Å². The number of hydrogen-bond acceptors (Lipinski definition) is 4. The van der Waals surface area contributed by atoms with Crippen molar-refractivity contribution in [1.29, 1.82) is 0 Å². The molecule has 1 aromatic heterocycles. The van der Waals surface area contributed by atoms with Gasteiger partial charge in [0, 0.05) is 24.3 Å². The molecule has 0 spiro atoms. The first kappa shape index (κ1) is 24.1. The van der Waals surface area contributed by atoms with Crippen LogP contribution in [-0.4, -0.2) is 29.1 Å². The minimum Gasteiger partial charge on any atom is -0.466 e. The molecule has 1 heterocycles. The fraction of sp³-hybridized carbons (Fsp3) is 0.360. The molecule has 0 aliphatic carbocycles. The Bertz CT molecular complexity index is 1030. The Morgan fingerprint density at radius 1 is 1.12 bits per heavy atom. The highest BCUT2D eigenvalue weighted by Gasteiger charge is 2.19. The molecular weight excluding hydrogens is 445 g/mol. The normalized spacial score (nSPS) is 11.1. The van der Waals surface area contributed by atoms with E-state index in [1.54, 1.807) is 6.07 Å². The molecule has 0 saturated carbocycles. The average Bonchev–Trinajstić information content (AvgIpc) is 3.17. The third-order valence-electron chi connectivity index (χ3n) is 4.98. The molecule has 170 valence electrons. The molecule has 0 aliphatic heterocycles. The van der Waals surface area contributed by atoms with Gasteiger partial charge in [-0.25, -0.2) is 4.98 Å². The maximum atomic E-state index is 12.0. The van der Waals surface area contributed by atoms with Crippen LogP contribution < -0.4 is 4.90 Å². The number of aromatic nitrogens is 2. The quantitative estimate of drug-likeness (QED) is 0.339. The van der Waals surface area contributed by atoms with Crippen LogP contribution in [0.4, 0.5) is 5.95 Å². The highest BCUT2D eigenvalue weighted by atomic mass is 35.5. The van der Waals surface area contributed by atoms with Crippen LogP contribution in [-0.2, 0) is 22.5 Å². The summed E-state index contributed by atoms with van der Waals surface area (Å²) in [7, 11) is 0. The molecule has 1 N–H and O–H groups in total. The summed E-state index contributed by atoms with van der Waals surface area (Å²) in [5.74, 6) is 0.936. The largest absolute Gasteiger partial charge is 0.466 e. The van der Waals surface area contributed by atoms with Gasteiger partial charge in [0.05, 0.1) is 28.8 Å². The van der Waals surface area contributed by atoms with Crippen molar-refractivity contribution < 1.29 is 9.53 Å². The predicted molar refractivity (Wildman–Crippen MR) is 131 cm³/mol. The summed E-state index contributed by atoms with van der Waals surface area (Å²) in [5.41, 5.74) is 3.92. The smallest absolute Gasteiger partial charge is 0.307 e. The summed E-state index contributed by atoms with van der Waals surface area (Å²) in [6.07, 6.45) is 1.11. The summed E-state index contributed by atoms with van der Waals surface area (Å²) < 4.78 is 5.13. The van der Waals surface area contributed by atoms with Crippen molar-refractivity contribution in [1.82, 2.24) is 9.97 Å². The number of carbonyl (C=O) groups excluding carboxylic acids is 1. The van der Waals surface area contributed by atoms with Crippen LogP contribution in [0.15, 0.2) is 48.5 Å². The van der Waals surface area contributed by atoms with E-state index in [1.165, 1.54) is 0 Å². The number of anilines is 1. The highest BCUT2D eigenvalue weighted by molar-refractivity contribution is 6.42. The van der Waals surface area contributed by atoms with E-state index >= 15 is 0 Å².